The van der Waals surface area contributed by atoms with E-state index in [-0.39, 0.29) is 23.0 Å². The molecular formula is C28H27F3O4. The van der Waals surface area contributed by atoms with Gasteiger partial charge >= 0.3 is 0 Å². The van der Waals surface area contributed by atoms with Crippen molar-refractivity contribution in [1.29, 1.82) is 0 Å². The summed E-state index contributed by atoms with van der Waals surface area (Å²) in [5.41, 5.74) is 2.54. The summed E-state index contributed by atoms with van der Waals surface area (Å²) in [6.45, 7) is 4.14. The normalized spacial score (nSPS) is 18.2. The van der Waals surface area contributed by atoms with Gasteiger partial charge in [0.15, 0.2) is 11.6 Å². The van der Waals surface area contributed by atoms with E-state index in [0.717, 1.165) is 12.0 Å². The maximum absolute atomic E-state index is 14.9. The number of ether oxygens (including phenoxy) is 4. The zero-order valence-electron chi connectivity index (χ0n) is 19.6. The van der Waals surface area contributed by atoms with Crippen LogP contribution in [-0.4, -0.2) is 26.3 Å². The van der Waals surface area contributed by atoms with Crippen molar-refractivity contribution in [3.05, 3.63) is 90.0 Å². The molecule has 0 bridgehead atoms. The van der Waals surface area contributed by atoms with E-state index < -0.39 is 18.1 Å². The van der Waals surface area contributed by atoms with Gasteiger partial charge in [-0.1, -0.05) is 49.4 Å². The third-order valence-corrected chi connectivity index (χ3v) is 5.67. The molecular weight excluding hydrogens is 457 g/mol. The Bertz CT molecular complexity index is 1170. The Morgan fingerprint density at radius 3 is 2.23 bits per heavy atom. The molecule has 1 saturated heterocycles. The Labute approximate surface area is 202 Å². The van der Waals surface area contributed by atoms with Crippen LogP contribution in [0.4, 0.5) is 13.2 Å². The summed E-state index contributed by atoms with van der Waals surface area (Å²) in [7, 11) is 0. The maximum Gasteiger partial charge on any atom is 0.271 e. The predicted molar refractivity (Wildman–Crippen MR) is 127 cm³/mol. The molecule has 0 aliphatic carbocycles. The smallest absolute Gasteiger partial charge is 0.271 e. The maximum atomic E-state index is 14.9. The lowest BCUT2D eigenvalue weighted by Crippen LogP contribution is -2.33. The second kappa shape index (κ2) is 11.5. The van der Waals surface area contributed by atoms with Crippen molar-refractivity contribution >= 4 is 0 Å². The van der Waals surface area contributed by atoms with Crippen LogP contribution in [0.5, 0.6) is 5.75 Å². The molecule has 0 saturated carbocycles. The van der Waals surface area contributed by atoms with Gasteiger partial charge in [-0.3, -0.25) is 0 Å². The predicted octanol–water partition coefficient (Wildman–Crippen LogP) is 7.19. The molecule has 1 aliphatic heterocycles. The van der Waals surface area contributed by atoms with E-state index in [1.54, 1.807) is 43.3 Å². The third-order valence-electron chi connectivity index (χ3n) is 5.67. The molecule has 4 nitrogen and oxygen atoms in total. The van der Waals surface area contributed by atoms with E-state index >= 15 is 0 Å². The molecule has 0 radical (unpaired) electrons. The van der Waals surface area contributed by atoms with Gasteiger partial charge in [0.05, 0.1) is 26.1 Å². The fraction of sp³-hybridized carbons (Fsp3) is 0.286. The van der Waals surface area contributed by atoms with Gasteiger partial charge in [0, 0.05) is 11.5 Å². The lowest BCUT2D eigenvalue weighted by atomic mass is 9.95. The van der Waals surface area contributed by atoms with E-state index in [2.05, 4.69) is 0 Å². The Kier molecular flexibility index (Phi) is 8.23. The molecule has 3 aromatic carbocycles. The summed E-state index contributed by atoms with van der Waals surface area (Å²) >= 11 is 0. The fourth-order valence-electron chi connectivity index (χ4n) is 3.84. The van der Waals surface area contributed by atoms with Crippen LogP contribution in [0.1, 0.15) is 31.7 Å². The van der Waals surface area contributed by atoms with Gasteiger partial charge in [-0.25, -0.2) is 8.78 Å². The zero-order chi connectivity index (χ0) is 24.8. The average Bonchev–Trinajstić information content (AvgIpc) is 2.89. The largest absolute Gasteiger partial charge is 0.462 e. The quantitative estimate of drug-likeness (QED) is 0.317. The van der Waals surface area contributed by atoms with Crippen molar-refractivity contribution in [3.8, 4) is 28.0 Å². The first-order valence-corrected chi connectivity index (χ1v) is 11.5. The number of rotatable bonds is 8. The molecule has 0 N–H and O–H groups in total. The molecule has 35 heavy (non-hydrogen) atoms. The van der Waals surface area contributed by atoms with Gasteiger partial charge in [-0.15, -0.1) is 0 Å². The van der Waals surface area contributed by atoms with Crippen LogP contribution >= 0.6 is 0 Å². The summed E-state index contributed by atoms with van der Waals surface area (Å²) in [5, 5.41) is 0. The lowest BCUT2D eigenvalue weighted by Gasteiger charge is -2.29. The molecule has 0 atom stereocenters. The van der Waals surface area contributed by atoms with Crippen molar-refractivity contribution in [2.45, 2.75) is 32.7 Å². The molecule has 3 aromatic rings. The molecule has 7 heteroatoms. The summed E-state index contributed by atoms with van der Waals surface area (Å²) in [5.74, 6) is -2.82. The molecule has 1 heterocycles. The van der Waals surface area contributed by atoms with Crippen molar-refractivity contribution in [3.63, 3.8) is 0 Å². The molecule has 1 aliphatic rings. The first-order valence-electron chi connectivity index (χ1n) is 11.5. The molecule has 0 unspecified atom stereocenters. The Morgan fingerprint density at radius 2 is 1.57 bits per heavy atom. The summed E-state index contributed by atoms with van der Waals surface area (Å²) < 4.78 is 65.4. The monoisotopic (exact) mass is 484 g/mol. The SMILES string of the molecule is C/C=C\Oc1ccc(-c2ccc(-c3ccc(C4COC(OCCC)OC4)c(F)c3)cc2)c(F)c1F. The topological polar surface area (TPSA) is 36.9 Å². The number of benzene rings is 3. The van der Waals surface area contributed by atoms with Crippen LogP contribution in [0.25, 0.3) is 22.3 Å². The third kappa shape index (κ3) is 5.75. The van der Waals surface area contributed by atoms with Gasteiger partial charge in [0.25, 0.3) is 6.48 Å². The number of halogens is 3. The number of allylic oxidation sites excluding steroid dienone is 1. The number of hydrogen-bond donors (Lipinski definition) is 0. The summed E-state index contributed by atoms with van der Waals surface area (Å²) in [6.07, 6.45) is 3.71. The number of hydrogen-bond acceptors (Lipinski definition) is 4. The van der Waals surface area contributed by atoms with E-state index in [4.69, 9.17) is 18.9 Å². The van der Waals surface area contributed by atoms with Crippen LogP contribution in [0, 0.1) is 17.5 Å². The van der Waals surface area contributed by atoms with Crippen LogP contribution in [-0.2, 0) is 14.2 Å². The molecule has 0 amide bonds. The van der Waals surface area contributed by atoms with Crippen molar-refractivity contribution in [2.75, 3.05) is 19.8 Å². The molecule has 184 valence electrons. The molecule has 0 spiro atoms. The molecule has 0 aromatic heterocycles. The van der Waals surface area contributed by atoms with Gasteiger partial charge < -0.3 is 18.9 Å². The van der Waals surface area contributed by atoms with Gasteiger partial charge in [0.1, 0.15) is 5.82 Å². The first-order chi connectivity index (χ1) is 17.0. The highest BCUT2D eigenvalue weighted by molar-refractivity contribution is 5.71. The minimum Gasteiger partial charge on any atom is -0.462 e. The Balaban J connectivity index is 1.47. The van der Waals surface area contributed by atoms with E-state index in [1.165, 1.54) is 24.5 Å². The first kappa shape index (κ1) is 25.0. The zero-order valence-corrected chi connectivity index (χ0v) is 19.6. The second-order valence-electron chi connectivity index (χ2n) is 8.16. The highest BCUT2D eigenvalue weighted by Gasteiger charge is 2.26. The van der Waals surface area contributed by atoms with Crippen LogP contribution < -0.4 is 4.74 Å². The van der Waals surface area contributed by atoms with Crippen molar-refractivity contribution < 1.29 is 32.1 Å². The van der Waals surface area contributed by atoms with Gasteiger partial charge in [-0.2, -0.15) is 4.39 Å². The second-order valence-corrected chi connectivity index (χ2v) is 8.16. The van der Waals surface area contributed by atoms with E-state index in [9.17, 15) is 13.2 Å². The summed E-state index contributed by atoms with van der Waals surface area (Å²) in [4.78, 5) is 0. The van der Waals surface area contributed by atoms with E-state index in [0.29, 0.717) is 36.5 Å². The van der Waals surface area contributed by atoms with Gasteiger partial charge in [0.2, 0.25) is 5.82 Å². The lowest BCUT2D eigenvalue weighted by molar-refractivity contribution is -0.314. The minimum absolute atomic E-state index is 0.113. The van der Waals surface area contributed by atoms with Crippen LogP contribution in [0.2, 0.25) is 0 Å². The molecule has 4 rings (SSSR count). The standard InChI is InChI=1S/C28H27F3O4/c1-3-13-32-25-12-11-23(26(30)27(25)31)19-7-5-18(6-8-19)20-9-10-22(24(29)15-20)21-16-34-28(35-17-21)33-14-4-2/h3,5-13,15,21,28H,4,14,16-17H2,1-2H3/b13-3-. The highest BCUT2D eigenvalue weighted by Crippen LogP contribution is 2.33. The minimum atomic E-state index is -1.05. The van der Waals surface area contributed by atoms with Crippen molar-refractivity contribution in [2.24, 2.45) is 0 Å². The highest BCUT2D eigenvalue weighted by atomic mass is 19.2. The van der Waals surface area contributed by atoms with Crippen LogP contribution in [0.15, 0.2) is 66.9 Å². The summed E-state index contributed by atoms with van der Waals surface area (Å²) in [6, 6.07) is 14.7. The van der Waals surface area contributed by atoms with Crippen molar-refractivity contribution in [1.82, 2.24) is 0 Å². The molecule has 1 fully saturated rings. The van der Waals surface area contributed by atoms with E-state index in [1.807, 2.05) is 13.0 Å². The fourth-order valence-corrected chi connectivity index (χ4v) is 3.84. The van der Waals surface area contributed by atoms with Gasteiger partial charge in [-0.05, 0) is 53.8 Å². The average molecular weight is 485 g/mol. The Morgan fingerprint density at radius 1 is 0.886 bits per heavy atom. The van der Waals surface area contributed by atoms with Crippen LogP contribution in [0.3, 0.4) is 0 Å². The Hall–Kier alpha value is -3.13.